The van der Waals surface area contributed by atoms with E-state index >= 15 is 0 Å². The largest absolute Gasteiger partial charge is 0.306 e. The first-order valence-corrected chi connectivity index (χ1v) is 8.39. The summed E-state index contributed by atoms with van der Waals surface area (Å²) in [5.41, 5.74) is 1.74. The van der Waals surface area contributed by atoms with Crippen LogP contribution in [0.3, 0.4) is 0 Å². The highest BCUT2D eigenvalue weighted by atomic mass is 19.2. The van der Waals surface area contributed by atoms with Gasteiger partial charge in [-0.05, 0) is 18.2 Å². The molecule has 0 bridgehead atoms. The Morgan fingerprint density at radius 3 is 2.59 bits per heavy atom. The first-order valence-electron chi connectivity index (χ1n) is 8.39. The molecule has 0 amide bonds. The average Bonchev–Trinajstić information content (AvgIpc) is 2.67. The monoisotopic (exact) mass is 372 g/mol. The lowest BCUT2D eigenvalue weighted by atomic mass is 10.1. The van der Waals surface area contributed by atoms with Crippen LogP contribution in [-0.4, -0.2) is 26.4 Å². The Balaban J connectivity index is 1.59. The Hall–Kier alpha value is -3.00. The number of pyridine rings is 1. The SMILES string of the molecule is O=c1[nH]c(-c2ccncc2)nc2c1CN(Cc1cc(F)c(F)cc1F)CC2. The summed E-state index contributed by atoms with van der Waals surface area (Å²) < 4.78 is 40.4. The van der Waals surface area contributed by atoms with Crippen LogP contribution >= 0.6 is 0 Å². The van der Waals surface area contributed by atoms with Crippen LogP contribution in [0.15, 0.2) is 41.5 Å². The number of nitrogens with one attached hydrogen (secondary N) is 1. The van der Waals surface area contributed by atoms with E-state index in [1.165, 1.54) is 0 Å². The third-order valence-corrected chi connectivity index (χ3v) is 4.58. The van der Waals surface area contributed by atoms with Crippen LogP contribution in [0.2, 0.25) is 0 Å². The van der Waals surface area contributed by atoms with E-state index in [1.807, 2.05) is 0 Å². The summed E-state index contributed by atoms with van der Waals surface area (Å²) in [6.07, 6.45) is 3.74. The van der Waals surface area contributed by atoms with E-state index in [0.717, 1.165) is 11.6 Å². The van der Waals surface area contributed by atoms with Gasteiger partial charge in [-0.15, -0.1) is 0 Å². The van der Waals surface area contributed by atoms with Crippen LogP contribution < -0.4 is 5.56 Å². The molecule has 1 aliphatic heterocycles. The summed E-state index contributed by atoms with van der Waals surface area (Å²) in [5.74, 6) is -2.64. The van der Waals surface area contributed by atoms with Crippen molar-refractivity contribution in [1.29, 1.82) is 0 Å². The van der Waals surface area contributed by atoms with Gasteiger partial charge in [0.2, 0.25) is 0 Å². The molecule has 1 aromatic carbocycles. The zero-order valence-electron chi connectivity index (χ0n) is 14.2. The fourth-order valence-electron chi connectivity index (χ4n) is 3.19. The van der Waals surface area contributed by atoms with Crippen molar-refractivity contribution in [1.82, 2.24) is 19.9 Å². The summed E-state index contributed by atoms with van der Waals surface area (Å²) >= 11 is 0. The van der Waals surface area contributed by atoms with E-state index in [-0.39, 0.29) is 24.2 Å². The molecule has 1 aliphatic rings. The number of aromatic nitrogens is 3. The molecule has 0 atom stereocenters. The summed E-state index contributed by atoms with van der Waals surface area (Å²) in [4.78, 5) is 25.5. The summed E-state index contributed by atoms with van der Waals surface area (Å²) in [5, 5.41) is 0. The highest BCUT2D eigenvalue weighted by Crippen LogP contribution is 2.21. The molecule has 3 aromatic rings. The van der Waals surface area contributed by atoms with Gasteiger partial charge in [-0.1, -0.05) is 0 Å². The molecule has 0 fully saturated rings. The van der Waals surface area contributed by atoms with Crippen LogP contribution in [0.4, 0.5) is 13.2 Å². The number of hydrogen-bond acceptors (Lipinski definition) is 4. The predicted octanol–water partition coefficient (Wildman–Crippen LogP) is 2.81. The highest BCUT2D eigenvalue weighted by Gasteiger charge is 2.23. The van der Waals surface area contributed by atoms with Crippen molar-refractivity contribution in [3.63, 3.8) is 0 Å². The Bertz CT molecular complexity index is 1050. The van der Waals surface area contributed by atoms with Crippen LogP contribution in [0.5, 0.6) is 0 Å². The second kappa shape index (κ2) is 6.96. The van der Waals surface area contributed by atoms with Crippen LogP contribution in [0.1, 0.15) is 16.8 Å². The van der Waals surface area contributed by atoms with Crippen LogP contribution in [0, 0.1) is 17.5 Å². The Labute approximate surface area is 152 Å². The van der Waals surface area contributed by atoms with Crippen LogP contribution in [0.25, 0.3) is 11.4 Å². The molecule has 1 N–H and O–H groups in total. The minimum absolute atomic E-state index is 0.0511. The lowest BCUT2D eigenvalue weighted by molar-refractivity contribution is 0.238. The number of fused-ring (bicyclic) bond motifs is 1. The number of H-pyrrole nitrogens is 1. The second-order valence-corrected chi connectivity index (χ2v) is 6.39. The van der Waals surface area contributed by atoms with Gasteiger partial charge in [0.25, 0.3) is 5.56 Å². The molecule has 5 nitrogen and oxygen atoms in total. The first-order chi connectivity index (χ1) is 13.0. The fraction of sp³-hybridized carbons (Fsp3) is 0.211. The average molecular weight is 372 g/mol. The maximum Gasteiger partial charge on any atom is 0.255 e. The van der Waals surface area contributed by atoms with Gasteiger partial charge in [-0.2, -0.15) is 0 Å². The van der Waals surface area contributed by atoms with E-state index in [4.69, 9.17) is 0 Å². The van der Waals surface area contributed by atoms with Crippen molar-refractivity contribution >= 4 is 0 Å². The molecule has 0 saturated heterocycles. The predicted molar refractivity (Wildman–Crippen MR) is 92.2 cm³/mol. The molecule has 138 valence electrons. The molecule has 27 heavy (non-hydrogen) atoms. The quantitative estimate of drug-likeness (QED) is 0.719. The van der Waals surface area contributed by atoms with E-state index in [2.05, 4.69) is 15.0 Å². The Kier molecular flexibility index (Phi) is 4.49. The maximum atomic E-state index is 13.9. The number of rotatable bonds is 3. The number of hydrogen-bond donors (Lipinski definition) is 1. The standard InChI is InChI=1S/C19H15F3N4O/c20-14-8-16(22)15(21)7-12(14)9-26-6-3-17-13(10-26)19(27)25-18(24-17)11-1-4-23-5-2-11/h1-2,4-5,7-8H,3,6,9-10H2,(H,24,25,27). The Morgan fingerprint density at radius 2 is 1.81 bits per heavy atom. The van der Waals surface area contributed by atoms with Crippen molar-refractivity contribution in [2.24, 2.45) is 0 Å². The lowest BCUT2D eigenvalue weighted by Gasteiger charge is -2.27. The van der Waals surface area contributed by atoms with Crippen molar-refractivity contribution in [2.45, 2.75) is 19.5 Å². The molecule has 0 unspecified atom stereocenters. The number of benzene rings is 1. The fourth-order valence-corrected chi connectivity index (χ4v) is 3.19. The molecular formula is C19H15F3N4O. The van der Waals surface area contributed by atoms with Gasteiger partial charge in [-0.3, -0.25) is 14.7 Å². The van der Waals surface area contributed by atoms with Gasteiger partial charge in [0.05, 0.1) is 11.3 Å². The van der Waals surface area contributed by atoms with E-state index in [0.29, 0.717) is 36.1 Å². The van der Waals surface area contributed by atoms with Crippen molar-refractivity contribution in [3.05, 3.63) is 81.3 Å². The normalized spacial score (nSPS) is 14.2. The maximum absolute atomic E-state index is 13.9. The van der Waals surface area contributed by atoms with Crippen LogP contribution in [-0.2, 0) is 19.5 Å². The smallest absolute Gasteiger partial charge is 0.255 e. The van der Waals surface area contributed by atoms with Gasteiger partial charge in [0.15, 0.2) is 11.6 Å². The highest BCUT2D eigenvalue weighted by molar-refractivity contribution is 5.54. The molecule has 0 radical (unpaired) electrons. The van der Waals surface area contributed by atoms with Gasteiger partial charge in [0, 0.05) is 55.6 Å². The molecule has 0 saturated carbocycles. The third-order valence-electron chi connectivity index (χ3n) is 4.58. The van der Waals surface area contributed by atoms with E-state index in [1.54, 1.807) is 29.4 Å². The topological polar surface area (TPSA) is 61.9 Å². The van der Waals surface area contributed by atoms with Gasteiger partial charge in [-0.25, -0.2) is 18.2 Å². The molecule has 4 rings (SSSR count). The molecule has 0 spiro atoms. The van der Waals surface area contributed by atoms with Crippen molar-refractivity contribution in [2.75, 3.05) is 6.54 Å². The number of halogens is 3. The third kappa shape index (κ3) is 3.48. The van der Waals surface area contributed by atoms with E-state index < -0.39 is 17.5 Å². The summed E-state index contributed by atoms with van der Waals surface area (Å²) in [6.45, 7) is 0.860. The molecule has 8 heteroatoms. The Morgan fingerprint density at radius 1 is 1.07 bits per heavy atom. The molecule has 2 aromatic heterocycles. The van der Waals surface area contributed by atoms with Gasteiger partial charge < -0.3 is 4.98 Å². The minimum atomic E-state index is -1.22. The minimum Gasteiger partial charge on any atom is -0.306 e. The zero-order chi connectivity index (χ0) is 19.0. The molecule has 0 aliphatic carbocycles. The summed E-state index contributed by atoms with van der Waals surface area (Å²) in [7, 11) is 0. The first kappa shape index (κ1) is 17.4. The molecule has 3 heterocycles. The lowest BCUT2D eigenvalue weighted by Crippen LogP contribution is -2.35. The second-order valence-electron chi connectivity index (χ2n) is 6.39. The number of nitrogens with zero attached hydrogens (tertiary/aromatic N) is 3. The van der Waals surface area contributed by atoms with Gasteiger partial charge in [0.1, 0.15) is 11.6 Å². The molecular weight excluding hydrogens is 357 g/mol. The number of aromatic amines is 1. The van der Waals surface area contributed by atoms with E-state index in [9.17, 15) is 18.0 Å². The zero-order valence-corrected chi connectivity index (χ0v) is 14.2. The van der Waals surface area contributed by atoms with Crippen molar-refractivity contribution < 1.29 is 13.2 Å². The van der Waals surface area contributed by atoms with Gasteiger partial charge >= 0.3 is 0 Å². The summed E-state index contributed by atoms with van der Waals surface area (Å²) in [6, 6.07) is 4.91. The van der Waals surface area contributed by atoms with Crippen molar-refractivity contribution in [3.8, 4) is 11.4 Å².